The minimum absolute atomic E-state index is 0.275. The summed E-state index contributed by atoms with van der Waals surface area (Å²) < 4.78 is 0. The molecular formula is C12H23NO2. The van der Waals surface area contributed by atoms with Crippen molar-refractivity contribution < 1.29 is 9.90 Å². The van der Waals surface area contributed by atoms with Crippen molar-refractivity contribution in [1.29, 1.82) is 0 Å². The maximum Gasteiger partial charge on any atom is 0.134 e. The van der Waals surface area contributed by atoms with E-state index >= 15 is 0 Å². The molecule has 1 N–H and O–H groups in total. The number of likely N-dealkylation sites (tertiary alicyclic amines) is 1. The fourth-order valence-corrected chi connectivity index (χ4v) is 2.21. The molecule has 88 valence electrons. The lowest BCUT2D eigenvalue weighted by Gasteiger charge is -2.31. The van der Waals surface area contributed by atoms with Crippen molar-refractivity contribution in [2.75, 3.05) is 26.2 Å². The van der Waals surface area contributed by atoms with Crippen molar-refractivity contribution in [3.8, 4) is 0 Å². The van der Waals surface area contributed by atoms with Gasteiger partial charge >= 0.3 is 0 Å². The van der Waals surface area contributed by atoms with E-state index in [9.17, 15) is 4.79 Å². The zero-order chi connectivity index (χ0) is 11.1. The van der Waals surface area contributed by atoms with Crippen LogP contribution in [0.5, 0.6) is 0 Å². The summed E-state index contributed by atoms with van der Waals surface area (Å²) >= 11 is 0. The Balaban J connectivity index is 2.15. The molecule has 0 aromatic carbocycles. The highest BCUT2D eigenvalue weighted by atomic mass is 16.2. The van der Waals surface area contributed by atoms with Gasteiger partial charge in [-0.25, -0.2) is 0 Å². The predicted octanol–water partition coefficient (Wildman–Crippen LogP) is 1.45. The molecule has 0 saturated carbocycles. The fraction of sp³-hybridized carbons (Fsp3) is 0.917. The summed E-state index contributed by atoms with van der Waals surface area (Å²) in [5.41, 5.74) is 0. The molecule has 0 aromatic heterocycles. The van der Waals surface area contributed by atoms with Gasteiger partial charge in [0.15, 0.2) is 0 Å². The number of carbonyl (C=O) groups is 1. The molecule has 0 aromatic rings. The number of piperidine rings is 1. The number of carbonyl (C=O) groups excluding carboxylic acids is 1. The third-order valence-corrected chi connectivity index (χ3v) is 3.21. The van der Waals surface area contributed by atoms with Crippen LogP contribution in [0.25, 0.3) is 0 Å². The van der Waals surface area contributed by atoms with E-state index in [1.54, 1.807) is 6.92 Å². The minimum Gasteiger partial charge on any atom is -0.396 e. The van der Waals surface area contributed by atoms with E-state index in [2.05, 4.69) is 4.90 Å². The summed E-state index contributed by atoms with van der Waals surface area (Å²) in [5, 5.41) is 8.66. The van der Waals surface area contributed by atoms with Crippen LogP contribution in [0.4, 0.5) is 0 Å². The first-order valence-electron chi connectivity index (χ1n) is 6.07. The molecule has 0 amide bonds. The highest BCUT2D eigenvalue weighted by Gasteiger charge is 2.22. The first kappa shape index (κ1) is 12.7. The molecule has 1 atom stereocenters. The first-order chi connectivity index (χ1) is 7.24. The third kappa shape index (κ3) is 4.76. The van der Waals surface area contributed by atoms with E-state index in [0.29, 0.717) is 12.4 Å². The van der Waals surface area contributed by atoms with Crippen LogP contribution in [0.1, 0.15) is 39.0 Å². The number of unbranched alkanes of at least 4 members (excludes halogenated alkanes) is 2. The summed E-state index contributed by atoms with van der Waals surface area (Å²) in [7, 11) is 0. The lowest BCUT2D eigenvalue weighted by Crippen LogP contribution is -2.38. The quantitative estimate of drug-likeness (QED) is 0.679. The van der Waals surface area contributed by atoms with Gasteiger partial charge in [-0.2, -0.15) is 0 Å². The van der Waals surface area contributed by atoms with Crippen LogP contribution in [-0.2, 0) is 4.79 Å². The average Bonchev–Trinajstić information content (AvgIpc) is 2.25. The van der Waals surface area contributed by atoms with Gasteiger partial charge in [0.25, 0.3) is 0 Å². The maximum absolute atomic E-state index is 11.3. The Morgan fingerprint density at radius 2 is 2.20 bits per heavy atom. The number of ketones is 1. The number of nitrogens with zero attached hydrogens (tertiary/aromatic N) is 1. The van der Waals surface area contributed by atoms with E-state index in [1.807, 2.05) is 0 Å². The topological polar surface area (TPSA) is 40.5 Å². The number of Topliss-reactive ketones (excluding diaryl/α,β-unsaturated/α-hetero) is 1. The van der Waals surface area contributed by atoms with Crippen molar-refractivity contribution in [3.05, 3.63) is 0 Å². The Bertz CT molecular complexity index is 194. The molecule has 15 heavy (non-hydrogen) atoms. The highest BCUT2D eigenvalue weighted by Crippen LogP contribution is 2.17. The van der Waals surface area contributed by atoms with Gasteiger partial charge in [0.05, 0.1) is 0 Å². The Labute approximate surface area is 92.5 Å². The average molecular weight is 213 g/mol. The summed E-state index contributed by atoms with van der Waals surface area (Å²) in [6.07, 6.45) is 5.37. The van der Waals surface area contributed by atoms with Crippen molar-refractivity contribution in [1.82, 2.24) is 4.90 Å². The van der Waals surface area contributed by atoms with Crippen molar-refractivity contribution in [2.24, 2.45) is 5.92 Å². The van der Waals surface area contributed by atoms with Gasteiger partial charge in [0.2, 0.25) is 0 Å². The molecule has 1 unspecified atom stereocenters. The molecule has 1 aliphatic rings. The monoisotopic (exact) mass is 213 g/mol. The zero-order valence-electron chi connectivity index (χ0n) is 9.74. The molecule has 0 bridgehead atoms. The zero-order valence-corrected chi connectivity index (χ0v) is 9.74. The van der Waals surface area contributed by atoms with Gasteiger partial charge in [-0.15, -0.1) is 0 Å². The highest BCUT2D eigenvalue weighted by molar-refractivity contribution is 5.78. The minimum atomic E-state index is 0.275. The van der Waals surface area contributed by atoms with E-state index in [-0.39, 0.29) is 5.92 Å². The van der Waals surface area contributed by atoms with Crippen LogP contribution in [0.15, 0.2) is 0 Å². The molecule has 3 heteroatoms. The van der Waals surface area contributed by atoms with Gasteiger partial charge in [0, 0.05) is 19.1 Å². The summed E-state index contributed by atoms with van der Waals surface area (Å²) in [6.45, 7) is 5.19. The molecule has 0 aliphatic carbocycles. The molecular weight excluding hydrogens is 190 g/mol. The number of aliphatic hydroxyl groups excluding tert-OH is 1. The van der Waals surface area contributed by atoms with Gasteiger partial charge < -0.3 is 10.0 Å². The van der Waals surface area contributed by atoms with Crippen molar-refractivity contribution in [3.63, 3.8) is 0 Å². The first-order valence-corrected chi connectivity index (χ1v) is 6.07. The second-order valence-electron chi connectivity index (χ2n) is 4.53. The van der Waals surface area contributed by atoms with E-state index in [4.69, 9.17) is 5.11 Å². The summed E-state index contributed by atoms with van der Waals surface area (Å²) in [4.78, 5) is 13.7. The van der Waals surface area contributed by atoms with Crippen LogP contribution in [0, 0.1) is 5.92 Å². The van der Waals surface area contributed by atoms with E-state index in [0.717, 1.165) is 51.7 Å². The normalized spacial score (nSPS) is 22.9. The molecule has 3 nitrogen and oxygen atoms in total. The molecule has 1 rings (SSSR count). The number of aliphatic hydroxyl groups is 1. The Hall–Kier alpha value is -0.410. The SMILES string of the molecule is CC(=O)C1CCCN(CCCCCO)C1. The van der Waals surface area contributed by atoms with Crippen LogP contribution in [0.3, 0.4) is 0 Å². The summed E-state index contributed by atoms with van der Waals surface area (Å²) in [6, 6.07) is 0. The molecule has 1 fully saturated rings. The molecule has 0 spiro atoms. The van der Waals surface area contributed by atoms with Crippen LogP contribution in [-0.4, -0.2) is 42.0 Å². The molecule has 1 heterocycles. The van der Waals surface area contributed by atoms with E-state index in [1.165, 1.54) is 0 Å². The Kier molecular flexibility index (Phi) is 5.88. The summed E-state index contributed by atoms with van der Waals surface area (Å²) in [5.74, 6) is 0.617. The van der Waals surface area contributed by atoms with Gasteiger partial charge in [-0.05, 0) is 52.1 Å². The van der Waals surface area contributed by atoms with Gasteiger partial charge in [-0.1, -0.05) is 0 Å². The lowest BCUT2D eigenvalue weighted by atomic mass is 9.94. The van der Waals surface area contributed by atoms with Crippen LogP contribution >= 0.6 is 0 Å². The standard InChI is InChI=1S/C12H23NO2/c1-11(15)12-6-5-8-13(10-12)7-3-2-4-9-14/h12,14H,2-10H2,1H3. The van der Waals surface area contributed by atoms with Crippen LogP contribution < -0.4 is 0 Å². The predicted molar refractivity (Wildman–Crippen MR) is 60.8 cm³/mol. The van der Waals surface area contributed by atoms with Crippen molar-refractivity contribution in [2.45, 2.75) is 39.0 Å². The fourth-order valence-electron chi connectivity index (χ4n) is 2.21. The number of hydrogen-bond acceptors (Lipinski definition) is 3. The largest absolute Gasteiger partial charge is 0.396 e. The van der Waals surface area contributed by atoms with Crippen LogP contribution in [0.2, 0.25) is 0 Å². The van der Waals surface area contributed by atoms with E-state index < -0.39 is 0 Å². The van der Waals surface area contributed by atoms with Gasteiger partial charge in [-0.3, -0.25) is 4.79 Å². The number of rotatable bonds is 6. The Morgan fingerprint density at radius 1 is 1.40 bits per heavy atom. The van der Waals surface area contributed by atoms with Gasteiger partial charge in [0.1, 0.15) is 5.78 Å². The molecule has 1 saturated heterocycles. The van der Waals surface area contributed by atoms with Crippen molar-refractivity contribution >= 4 is 5.78 Å². The number of hydrogen-bond donors (Lipinski definition) is 1. The molecule has 0 radical (unpaired) electrons. The Morgan fingerprint density at radius 3 is 2.87 bits per heavy atom. The second-order valence-corrected chi connectivity index (χ2v) is 4.53. The smallest absolute Gasteiger partial charge is 0.134 e. The maximum atomic E-state index is 11.3. The second kappa shape index (κ2) is 6.96. The molecule has 1 aliphatic heterocycles. The third-order valence-electron chi connectivity index (χ3n) is 3.21. The lowest BCUT2D eigenvalue weighted by molar-refractivity contribution is -0.122.